The maximum Gasteiger partial charge on any atom is 0.328 e. The van der Waals surface area contributed by atoms with Gasteiger partial charge in [-0.1, -0.05) is 13.8 Å². The monoisotopic (exact) mass is 201 g/mol. The molecule has 0 spiro atoms. The molecule has 1 saturated heterocycles. The summed E-state index contributed by atoms with van der Waals surface area (Å²) < 4.78 is 0. The third-order valence-corrected chi connectivity index (χ3v) is 2.21. The fourth-order valence-corrected chi connectivity index (χ4v) is 1.29. The van der Waals surface area contributed by atoms with E-state index in [-0.39, 0.29) is 0 Å². The van der Waals surface area contributed by atoms with Crippen LogP contribution in [0.4, 0.5) is 4.79 Å². The Kier molecular flexibility index (Phi) is 2.54. The van der Waals surface area contributed by atoms with Crippen molar-refractivity contribution in [2.75, 3.05) is 0 Å². The van der Waals surface area contributed by atoms with E-state index < -0.39 is 29.3 Å². The minimum absolute atomic E-state index is 0.499. The molecule has 1 fully saturated rings. The molecular formula is C7H11N3O4. The molecule has 4 N–H and O–H groups in total. The molecule has 0 aromatic rings. The number of nitrogens with one attached hydrogen (secondary N) is 3. The summed E-state index contributed by atoms with van der Waals surface area (Å²) in [6.45, 7) is 3.14. The van der Waals surface area contributed by atoms with Crippen molar-refractivity contribution in [3.8, 4) is 0 Å². The third kappa shape index (κ3) is 1.26. The van der Waals surface area contributed by atoms with Crippen molar-refractivity contribution >= 4 is 17.8 Å². The molecule has 0 radical (unpaired) electrons. The van der Waals surface area contributed by atoms with Gasteiger partial charge in [-0.15, -0.1) is 0 Å². The molecule has 1 aliphatic rings. The van der Waals surface area contributed by atoms with E-state index in [1.807, 2.05) is 10.6 Å². The molecular weight excluding hydrogens is 190 g/mol. The average molecular weight is 201 g/mol. The lowest BCUT2D eigenvalue weighted by atomic mass is 9.84. The number of carbonyl (C=O) groups is 3. The summed E-state index contributed by atoms with van der Waals surface area (Å²) >= 11 is 0. The molecule has 7 nitrogen and oxygen atoms in total. The zero-order valence-corrected chi connectivity index (χ0v) is 7.75. The first kappa shape index (κ1) is 10.6. The van der Waals surface area contributed by atoms with Crippen molar-refractivity contribution in [3.05, 3.63) is 0 Å². The van der Waals surface area contributed by atoms with Gasteiger partial charge in [-0.05, 0) is 5.92 Å². The lowest BCUT2D eigenvalue weighted by Crippen LogP contribution is -2.74. The van der Waals surface area contributed by atoms with Gasteiger partial charge in [0.2, 0.25) is 5.54 Å². The van der Waals surface area contributed by atoms with Crippen LogP contribution in [0, 0.1) is 5.92 Å². The van der Waals surface area contributed by atoms with Gasteiger partial charge in [0.05, 0.1) is 0 Å². The third-order valence-electron chi connectivity index (χ3n) is 2.21. The summed E-state index contributed by atoms with van der Waals surface area (Å²) in [7, 11) is 0. The van der Waals surface area contributed by atoms with Gasteiger partial charge in [-0.3, -0.25) is 20.2 Å². The molecule has 1 rings (SSSR count). The van der Waals surface area contributed by atoms with Crippen LogP contribution >= 0.6 is 0 Å². The first-order chi connectivity index (χ1) is 6.45. The quantitative estimate of drug-likeness (QED) is 0.329. The fraction of sp³-hybridized carbons (Fsp3) is 0.571. The van der Waals surface area contributed by atoms with Crippen molar-refractivity contribution in [2.24, 2.45) is 5.92 Å². The number of imide groups is 2. The smallest absolute Gasteiger partial charge is 0.315 e. The number of hydrogen-bond acceptors (Lipinski definition) is 5. The van der Waals surface area contributed by atoms with Crippen molar-refractivity contribution in [1.29, 1.82) is 0 Å². The molecule has 7 heteroatoms. The van der Waals surface area contributed by atoms with Crippen LogP contribution in [0.3, 0.4) is 0 Å². The van der Waals surface area contributed by atoms with E-state index in [9.17, 15) is 14.4 Å². The maximum atomic E-state index is 11.4. The molecule has 0 saturated carbocycles. The highest BCUT2D eigenvalue weighted by Gasteiger charge is 2.52. The Morgan fingerprint density at radius 3 is 1.93 bits per heavy atom. The summed E-state index contributed by atoms with van der Waals surface area (Å²) in [6.07, 6.45) is 0. The van der Waals surface area contributed by atoms with Gasteiger partial charge in [0, 0.05) is 0 Å². The molecule has 1 aliphatic heterocycles. The predicted molar refractivity (Wildman–Crippen MR) is 44.2 cm³/mol. The summed E-state index contributed by atoms with van der Waals surface area (Å²) in [6, 6.07) is -0.883. The highest BCUT2D eigenvalue weighted by molar-refractivity contribution is 6.22. The van der Waals surface area contributed by atoms with Crippen molar-refractivity contribution in [1.82, 2.24) is 16.1 Å². The lowest BCUT2D eigenvalue weighted by molar-refractivity contribution is -0.148. The van der Waals surface area contributed by atoms with Crippen LogP contribution < -0.4 is 16.1 Å². The Hall–Kier alpha value is -1.47. The van der Waals surface area contributed by atoms with Gasteiger partial charge in [-0.25, -0.2) is 4.79 Å². The number of hydroxylamine groups is 1. The van der Waals surface area contributed by atoms with Gasteiger partial charge < -0.3 is 5.21 Å². The molecule has 0 bridgehead atoms. The van der Waals surface area contributed by atoms with Gasteiger partial charge in [0.1, 0.15) is 0 Å². The summed E-state index contributed by atoms with van der Waals surface area (Å²) in [5.41, 5.74) is -0.137. The van der Waals surface area contributed by atoms with Crippen LogP contribution in [0.1, 0.15) is 13.8 Å². The SMILES string of the molecule is CC(C)C1(NO)C(=O)NC(=O)NC1=O. The van der Waals surface area contributed by atoms with E-state index in [0.29, 0.717) is 0 Å². The Morgan fingerprint density at radius 2 is 1.64 bits per heavy atom. The molecule has 0 aromatic heterocycles. The number of barbiturate groups is 1. The molecule has 78 valence electrons. The first-order valence-electron chi connectivity index (χ1n) is 4.03. The number of rotatable bonds is 2. The number of urea groups is 1. The zero-order valence-electron chi connectivity index (χ0n) is 7.75. The fourth-order valence-electron chi connectivity index (χ4n) is 1.29. The second-order valence-corrected chi connectivity index (χ2v) is 3.31. The molecule has 14 heavy (non-hydrogen) atoms. The molecule has 0 aromatic carbocycles. The van der Waals surface area contributed by atoms with E-state index in [4.69, 9.17) is 5.21 Å². The topological polar surface area (TPSA) is 108 Å². The van der Waals surface area contributed by atoms with Gasteiger partial charge in [0.25, 0.3) is 11.8 Å². The van der Waals surface area contributed by atoms with Crippen molar-refractivity contribution in [3.63, 3.8) is 0 Å². The second-order valence-electron chi connectivity index (χ2n) is 3.31. The lowest BCUT2D eigenvalue weighted by Gasteiger charge is -2.35. The minimum atomic E-state index is -1.80. The normalized spacial score (nSPS) is 20.7. The number of carbonyl (C=O) groups excluding carboxylic acids is 3. The van der Waals surface area contributed by atoms with Gasteiger partial charge in [-0.2, -0.15) is 5.48 Å². The molecule has 1 heterocycles. The Balaban J connectivity index is 3.11. The largest absolute Gasteiger partial charge is 0.328 e. The summed E-state index contributed by atoms with van der Waals surface area (Å²) in [5, 5.41) is 12.7. The Labute approximate surface area is 79.8 Å². The molecule has 0 aliphatic carbocycles. The van der Waals surface area contributed by atoms with Crippen LogP contribution in [-0.2, 0) is 9.59 Å². The van der Waals surface area contributed by atoms with E-state index in [0.717, 1.165) is 0 Å². The van der Waals surface area contributed by atoms with Gasteiger partial charge in [0.15, 0.2) is 0 Å². The predicted octanol–water partition coefficient (Wildman–Crippen LogP) is -1.27. The van der Waals surface area contributed by atoms with Crippen LogP contribution in [0.25, 0.3) is 0 Å². The van der Waals surface area contributed by atoms with Gasteiger partial charge >= 0.3 is 6.03 Å². The number of amides is 4. The van der Waals surface area contributed by atoms with E-state index >= 15 is 0 Å². The zero-order chi connectivity index (χ0) is 10.9. The van der Waals surface area contributed by atoms with Crippen molar-refractivity contribution in [2.45, 2.75) is 19.4 Å². The molecule has 0 atom stereocenters. The van der Waals surface area contributed by atoms with E-state index in [2.05, 4.69) is 0 Å². The highest BCUT2D eigenvalue weighted by Crippen LogP contribution is 2.19. The van der Waals surface area contributed by atoms with Crippen molar-refractivity contribution < 1.29 is 19.6 Å². The Morgan fingerprint density at radius 1 is 1.21 bits per heavy atom. The van der Waals surface area contributed by atoms with E-state index in [1.165, 1.54) is 0 Å². The van der Waals surface area contributed by atoms with Crippen LogP contribution in [0.15, 0.2) is 0 Å². The molecule has 0 unspecified atom stereocenters. The summed E-state index contributed by atoms with van der Waals surface area (Å²) in [4.78, 5) is 33.5. The van der Waals surface area contributed by atoms with Crippen LogP contribution in [0.5, 0.6) is 0 Å². The van der Waals surface area contributed by atoms with E-state index in [1.54, 1.807) is 19.3 Å². The summed E-state index contributed by atoms with van der Waals surface area (Å²) in [5.74, 6) is -2.21. The standard InChI is InChI=1S/C7H11N3O4/c1-3(2)7(10-14)4(11)8-6(13)9-5(7)12/h3,10,14H,1-2H3,(H2,8,9,11,12,13). The van der Waals surface area contributed by atoms with Crippen LogP contribution in [-0.4, -0.2) is 28.6 Å². The van der Waals surface area contributed by atoms with Crippen LogP contribution in [0.2, 0.25) is 0 Å². The second kappa shape index (κ2) is 3.35. The Bertz CT molecular complexity index is 279. The maximum absolute atomic E-state index is 11.4. The minimum Gasteiger partial charge on any atom is -0.315 e. The first-order valence-corrected chi connectivity index (χ1v) is 4.03. The average Bonchev–Trinajstić information content (AvgIpc) is 2.03. The highest BCUT2D eigenvalue weighted by atomic mass is 16.5. The number of hydrogen-bond donors (Lipinski definition) is 4. The molecule has 4 amide bonds.